The predicted molar refractivity (Wildman–Crippen MR) is 75.5 cm³/mol. The highest BCUT2D eigenvalue weighted by Gasteiger charge is 2.16. The van der Waals surface area contributed by atoms with Crippen LogP contribution in [0.25, 0.3) is 17.1 Å². The third-order valence-corrected chi connectivity index (χ3v) is 3.04. The number of benzene rings is 2. The molecule has 0 radical (unpaired) electrons. The molecule has 0 aliphatic carbocycles. The average molecular weight is 285 g/mol. The maximum Gasteiger partial charge on any atom is 0.189 e. The van der Waals surface area contributed by atoms with Gasteiger partial charge in [-0.25, -0.2) is 4.39 Å². The van der Waals surface area contributed by atoms with Crippen LogP contribution < -0.4 is 10.5 Å². The molecule has 2 aromatic carbocycles. The highest BCUT2D eigenvalue weighted by molar-refractivity contribution is 5.72. The molecule has 1 heterocycles. The summed E-state index contributed by atoms with van der Waals surface area (Å²) in [6, 6.07) is 11.4. The molecule has 1 aromatic heterocycles. The van der Waals surface area contributed by atoms with Crippen molar-refractivity contribution in [3.63, 3.8) is 0 Å². The highest BCUT2D eigenvalue weighted by atomic mass is 19.1. The first-order valence-electron chi connectivity index (χ1n) is 6.18. The summed E-state index contributed by atoms with van der Waals surface area (Å²) >= 11 is 0. The summed E-state index contributed by atoms with van der Waals surface area (Å²) < 4.78 is 20.0. The van der Waals surface area contributed by atoms with E-state index >= 15 is 0 Å². The molecule has 106 valence electrons. The van der Waals surface area contributed by atoms with Crippen LogP contribution in [-0.2, 0) is 0 Å². The summed E-state index contributed by atoms with van der Waals surface area (Å²) in [7, 11) is 1.56. The highest BCUT2D eigenvalue weighted by Crippen LogP contribution is 2.29. The van der Waals surface area contributed by atoms with Gasteiger partial charge < -0.3 is 10.5 Å². The van der Waals surface area contributed by atoms with Crippen LogP contribution in [-0.4, -0.2) is 27.3 Å². The number of nitrogens with zero attached hydrogens (tertiary/aromatic N) is 4. The molecule has 0 bridgehead atoms. The van der Waals surface area contributed by atoms with Gasteiger partial charge in [0.1, 0.15) is 17.3 Å². The smallest absolute Gasteiger partial charge is 0.189 e. The van der Waals surface area contributed by atoms with Crippen LogP contribution in [0.1, 0.15) is 0 Å². The lowest BCUT2D eigenvalue weighted by atomic mass is 10.1. The van der Waals surface area contributed by atoms with Gasteiger partial charge in [-0.1, -0.05) is 12.1 Å². The first-order valence-corrected chi connectivity index (χ1v) is 6.18. The number of hydrogen-bond acceptors (Lipinski definition) is 5. The van der Waals surface area contributed by atoms with Crippen LogP contribution >= 0.6 is 0 Å². The summed E-state index contributed by atoms with van der Waals surface area (Å²) in [4.78, 5) is 0. The van der Waals surface area contributed by atoms with Gasteiger partial charge in [-0.15, -0.1) is 5.10 Å². The number of rotatable bonds is 3. The molecule has 0 amide bonds. The summed E-state index contributed by atoms with van der Waals surface area (Å²) in [6.45, 7) is 0. The summed E-state index contributed by atoms with van der Waals surface area (Å²) in [5, 5.41) is 11.6. The van der Waals surface area contributed by atoms with Crippen LogP contribution in [0.2, 0.25) is 0 Å². The third-order valence-electron chi connectivity index (χ3n) is 3.04. The molecule has 2 N–H and O–H groups in total. The second kappa shape index (κ2) is 5.20. The molecule has 0 spiro atoms. The van der Waals surface area contributed by atoms with Crippen molar-refractivity contribution in [2.75, 3.05) is 12.8 Å². The van der Waals surface area contributed by atoms with Gasteiger partial charge >= 0.3 is 0 Å². The second-order valence-electron chi connectivity index (χ2n) is 4.32. The zero-order chi connectivity index (χ0) is 14.8. The molecule has 0 saturated heterocycles. The van der Waals surface area contributed by atoms with E-state index in [0.717, 1.165) is 0 Å². The zero-order valence-electron chi connectivity index (χ0n) is 11.2. The van der Waals surface area contributed by atoms with E-state index < -0.39 is 5.82 Å². The minimum Gasteiger partial charge on any atom is -0.494 e. The number of anilines is 1. The lowest BCUT2D eigenvalue weighted by Crippen LogP contribution is -2.03. The van der Waals surface area contributed by atoms with Gasteiger partial charge in [0.05, 0.1) is 7.11 Å². The standard InChI is InChI=1S/C14H12FN5O/c1-21-13-5-3-2-4-12(13)20-14(17-18-19-20)10-7-6-9(15)8-11(10)16/h2-8H,16H2,1H3. The van der Waals surface area contributed by atoms with E-state index in [4.69, 9.17) is 10.5 Å². The predicted octanol–water partition coefficient (Wildman–Crippen LogP) is 2.06. The summed E-state index contributed by atoms with van der Waals surface area (Å²) in [6.07, 6.45) is 0. The molecule has 0 unspecified atom stereocenters. The lowest BCUT2D eigenvalue weighted by molar-refractivity contribution is 0.411. The Labute approximate surface area is 120 Å². The van der Waals surface area contributed by atoms with E-state index in [9.17, 15) is 4.39 Å². The van der Waals surface area contributed by atoms with Crippen molar-refractivity contribution in [1.82, 2.24) is 20.2 Å². The number of methoxy groups -OCH3 is 1. The molecular weight excluding hydrogens is 273 g/mol. The number of aromatic nitrogens is 4. The van der Waals surface area contributed by atoms with Gasteiger partial charge in [-0.05, 0) is 40.8 Å². The number of nitrogen functional groups attached to an aromatic ring is 1. The quantitative estimate of drug-likeness (QED) is 0.745. The minimum atomic E-state index is -0.410. The first-order chi connectivity index (χ1) is 10.2. The average Bonchev–Trinajstić information content (AvgIpc) is 2.96. The van der Waals surface area contributed by atoms with Crippen molar-refractivity contribution in [3.05, 3.63) is 48.3 Å². The maximum absolute atomic E-state index is 13.2. The van der Waals surface area contributed by atoms with Gasteiger partial charge in [0, 0.05) is 11.3 Å². The Morgan fingerprint density at radius 3 is 2.76 bits per heavy atom. The van der Waals surface area contributed by atoms with Crippen molar-refractivity contribution < 1.29 is 9.13 Å². The maximum atomic E-state index is 13.2. The SMILES string of the molecule is COc1ccccc1-n1nnnc1-c1ccc(F)cc1N. The zero-order valence-corrected chi connectivity index (χ0v) is 11.2. The normalized spacial score (nSPS) is 10.6. The molecule has 0 aliphatic rings. The molecule has 0 aliphatic heterocycles. The third kappa shape index (κ3) is 2.29. The molecular formula is C14H12FN5O. The van der Waals surface area contributed by atoms with E-state index in [1.807, 2.05) is 18.2 Å². The number of para-hydroxylation sites is 2. The monoisotopic (exact) mass is 285 g/mol. The Balaban J connectivity index is 2.17. The summed E-state index contributed by atoms with van der Waals surface area (Å²) in [5.74, 6) is 0.622. The van der Waals surface area contributed by atoms with Gasteiger partial charge in [0.25, 0.3) is 0 Å². The molecule has 3 aromatic rings. The van der Waals surface area contributed by atoms with E-state index in [1.54, 1.807) is 19.2 Å². The van der Waals surface area contributed by atoms with E-state index in [2.05, 4.69) is 15.5 Å². The Hall–Kier alpha value is -2.96. The Kier molecular flexibility index (Phi) is 3.23. The van der Waals surface area contributed by atoms with Crippen molar-refractivity contribution >= 4 is 5.69 Å². The van der Waals surface area contributed by atoms with Crippen LogP contribution in [0.4, 0.5) is 10.1 Å². The Bertz CT molecular complexity index is 787. The van der Waals surface area contributed by atoms with Crippen molar-refractivity contribution in [2.45, 2.75) is 0 Å². The van der Waals surface area contributed by atoms with Gasteiger partial charge in [0.2, 0.25) is 0 Å². The molecule has 3 rings (SSSR count). The van der Waals surface area contributed by atoms with Gasteiger partial charge in [0.15, 0.2) is 5.82 Å². The van der Waals surface area contributed by atoms with Crippen LogP contribution in [0.3, 0.4) is 0 Å². The van der Waals surface area contributed by atoms with Crippen LogP contribution in [0.5, 0.6) is 5.75 Å². The number of halogens is 1. The fourth-order valence-electron chi connectivity index (χ4n) is 2.06. The van der Waals surface area contributed by atoms with Crippen molar-refractivity contribution in [2.24, 2.45) is 0 Å². The van der Waals surface area contributed by atoms with E-state index in [0.29, 0.717) is 22.8 Å². The number of nitrogens with two attached hydrogens (primary N) is 1. The fraction of sp³-hybridized carbons (Fsp3) is 0.0714. The number of hydrogen-bond donors (Lipinski definition) is 1. The van der Waals surface area contributed by atoms with Crippen LogP contribution in [0, 0.1) is 5.82 Å². The molecule has 0 fully saturated rings. The molecule has 0 atom stereocenters. The van der Waals surface area contributed by atoms with Crippen LogP contribution in [0.15, 0.2) is 42.5 Å². The van der Waals surface area contributed by atoms with E-state index in [1.165, 1.54) is 16.8 Å². The second-order valence-corrected chi connectivity index (χ2v) is 4.32. The topological polar surface area (TPSA) is 78.8 Å². The minimum absolute atomic E-state index is 0.265. The van der Waals surface area contributed by atoms with Crippen molar-refractivity contribution in [3.8, 4) is 22.8 Å². The first kappa shape index (κ1) is 13.0. The Morgan fingerprint density at radius 1 is 1.19 bits per heavy atom. The van der Waals surface area contributed by atoms with Crippen molar-refractivity contribution in [1.29, 1.82) is 0 Å². The van der Waals surface area contributed by atoms with Gasteiger partial charge in [-0.2, -0.15) is 4.68 Å². The molecule has 21 heavy (non-hydrogen) atoms. The van der Waals surface area contributed by atoms with Gasteiger partial charge in [-0.3, -0.25) is 0 Å². The Morgan fingerprint density at radius 2 is 2.00 bits per heavy atom. The lowest BCUT2D eigenvalue weighted by Gasteiger charge is -2.10. The molecule has 6 nitrogen and oxygen atoms in total. The largest absolute Gasteiger partial charge is 0.494 e. The van der Waals surface area contributed by atoms with E-state index in [-0.39, 0.29) is 5.69 Å². The molecule has 0 saturated carbocycles. The number of ether oxygens (including phenoxy) is 1. The fourth-order valence-corrected chi connectivity index (χ4v) is 2.06. The number of tetrazole rings is 1. The molecule has 7 heteroatoms. The summed E-state index contributed by atoms with van der Waals surface area (Å²) in [5.41, 5.74) is 7.33.